The van der Waals surface area contributed by atoms with E-state index in [1.54, 1.807) is 0 Å². The molecule has 1 fully saturated rings. The Kier molecular flexibility index (Phi) is 6.80. The highest BCUT2D eigenvalue weighted by Gasteiger charge is 2.18. The Morgan fingerprint density at radius 1 is 1.00 bits per heavy atom. The maximum Gasteiger partial charge on any atom is 0.321 e. The van der Waals surface area contributed by atoms with E-state index in [4.69, 9.17) is 0 Å². The maximum absolute atomic E-state index is 12.9. The van der Waals surface area contributed by atoms with Gasteiger partial charge in [-0.1, -0.05) is 18.2 Å². The third-order valence-corrected chi connectivity index (χ3v) is 5.74. The molecule has 156 valence electrons. The number of benzene rings is 1. The number of hydrogen-bond acceptors (Lipinski definition) is 2. The minimum Gasteiger partial charge on any atom is -0.345 e. The lowest BCUT2D eigenvalue weighted by Gasteiger charge is -2.22. The van der Waals surface area contributed by atoms with Crippen molar-refractivity contribution in [2.24, 2.45) is 0 Å². The first-order chi connectivity index (χ1) is 13.9. The molecule has 0 radical (unpaired) electrons. The fraction of sp³-hybridized carbons (Fsp3) is 0.458. The molecule has 0 atom stereocenters. The first-order valence-electron chi connectivity index (χ1n) is 10.6. The molecule has 1 aromatic heterocycles. The number of urea groups is 1. The van der Waals surface area contributed by atoms with Crippen molar-refractivity contribution >= 4 is 22.6 Å². The van der Waals surface area contributed by atoms with Crippen molar-refractivity contribution in [2.75, 3.05) is 38.5 Å². The molecular weight excluding hydrogens is 360 g/mol. The second-order valence-electron chi connectivity index (χ2n) is 8.28. The van der Waals surface area contributed by atoms with Gasteiger partial charge in [-0.2, -0.15) is 0 Å². The van der Waals surface area contributed by atoms with Crippen molar-refractivity contribution in [1.29, 1.82) is 0 Å². The molecule has 29 heavy (non-hydrogen) atoms. The van der Waals surface area contributed by atoms with Crippen LogP contribution in [0.5, 0.6) is 0 Å². The Morgan fingerprint density at radius 3 is 2.55 bits per heavy atom. The fourth-order valence-electron chi connectivity index (χ4n) is 4.01. The maximum atomic E-state index is 12.9. The zero-order valence-corrected chi connectivity index (χ0v) is 18.4. The number of nitrogens with zero attached hydrogens (tertiary/aromatic N) is 3. The SMILES string of the molecule is Cc1cccccn(C(C)C)c2ccc(NC(=O)N3CCCN(C)CC3)c(C)c12. The number of aromatic nitrogens is 1. The van der Waals surface area contributed by atoms with E-state index in [9.17, 15) is 4.79 Å². The molecular formula is C24H34N4O. The lowest BCUT2D eigenvalue weighted by molar-refractivity contribution is 0.213. The Labute approximate surface area is 174 Å². The third kappa shape index (κ3) is 4.91. The quantitative estimate of drug-likeness (QED) is 0.767. The molecule has 1 aliphatic rings. The lowest BCUT2D eigenvalue weighted by atomic mass is 10.0. The summed E-state index contributed by atoms with van der Waals surface area (Å²) in [5, 5.41) is 4.36. The van der Waals surface area contributed by atoms with Gasteiger partial charge in [0.15, 0.2) is 0 Å². The summed E-state index contributed by atoms with van der Waals surface area (Å²) in [7, 11) is 2.11. The van der Waals surface area contributed by atoms with Crippen LogP contribution in [0.3, 0.4) is 0 Å². The largest absolute Gasteiger partial charge is 0.345 e. The first kappa shape index (κ1) is 21.2. The van der Waals surface area contributed by atoms with E-state index in [2.05, 4.69) is 86.1 Å². The van der Waals surface area contributed by atoms with Crippen LogP contribution >= 0.6 is 0 Å². The van der Waals surface area contributed by atoms with Crippen LogP contribution in [0.2, 0.25) is 0 Å². The Bertz CT molecular complexity index is 930. The normalized spacial score (nSPS) is 15.3. The minimum absolute atomic E-state index is 0.00597. The van der Waals surface area contributed by atoms with Crippen LogP contribution in [-0.2, 0) is 0 Å². The van der Waals surface area contributed by atoms with Gasteiger partial charge in [-0.3, -0.25) is 0 Å². The number of likely N-dealkylation sites (N-methyl/N-ethyl adjacent to an activating group) is 1. The van der Waals surface area contributed by atoms with Crippen LogP contribution < -0.4 is 5.32 Å². The topological polar surface area (TPSA) is 40.5 Å². The molecule has 5 nitrogen and oxygen atoms in total. The van der Waals surface area contributed by atoms with Gasteiger partial charge in [-0.15, -0.1) is 0 Å². The highest BCUT2D eigenvalue weighted by Crippen LogP contribution is 2.28. The summed E-state index contributed by atoms with van der Waals surface area (Å²) in [6.07, 6.45) is 3.13. The van der Waals surface area contributed by atoms with Crippen LogP contribution in [0, 0.1) is 13.8 Å². The zero-order chi connectivity index (χ0) is 21.0. The molecule has 0 bridgehead atoms. The highest BCUT2D eigenvalue weighted by atomic mass is 16.2. The number of nitrogens with one attached hydrogen (secondary N) is 1. The van der Waals surface area contributed by atoms with Gasteiger partial charge in [0.05, 0.1) is 0 Å². The first-order valence-corrected chi connectivity index (χ1v) is 10.6. The number of rotatable bonds is 2. The Morgan fingerprint density at radius 2 is 1.79 bits per heavy atom. The molecule has 1 N–H and O–H groups in total. The monoisotopic (exact) mass is 394 g/mol. The van der Waals surface area contributed by atoms with E-state index in [-0.39, 0.29) is 6.03 Å². The van der Waals surface area contributed by atoms with Crippen LogP contribution in [0.15, 0.2) is 42.6 Å². The standard InChI is InChI=1S/C24H34N4O/c1-18(2)28-15-8-6-7-10-19(3)23-20(4)21(11-12-22(23)28)25-24(29)27-14-9-13-26(5)16-17-27/h6-8,10-12,15,18H,9,13-14,16-17H2,1-5H3,(H,25,29). The van der Waals surface area contributed by atoms with Crippen molar-refractivity contribution in [3.8, 4) is 0 Å². The van der Waals surface area contributed by atoms with Crippen LogP contribution in [0.1, 0.15) is 37.4 Å². The summed E-state index contributed by atoms with van der Waals surface area (Å²) < 4.78 is 2.28. The van der Waals surface area contributed by atoms with Crippen LogP contribution in [-0.4, -0.2) is 53.6 Å². The van der Waals surface area contributed by atoms with Gasteiger partial charge in [0, 0.05) is 48.5 Å². The highest BCUT2D eigenvalue weighted by molar-refractivity contribution is 5.96. The second-order valence-corrected chi connectivity index (χ2v) is 8.28. The van der Waals surface area contributed by atoms with Gasteiger partial charge in [-0.05, 0) is 77.0 Å². The minimum atomic E-state index is -0.00597. The Hall–Kier alpha value is -2.53. The third-order valence-electron chi connectivity index (χ3n) is 5.74. The average Bonchev–Trinajstić information content (AvgIpc) is 2.85. The van der Waals surface area contributed by atoms with E-state index < -0.39 is 0 Å². The molecule has 2 aromatic rings. The summed E-state index contributed by atoms with van der Waals surface area (Å²) in [5.41, 5.74) is 4.34. The smallest absolute Gasteiger partial charge is 0.321 e. The predicted octanol–water partition coefficient (Wildman–Crippen LogP) is 5.13. The van der Waals surface area contributed by atoms with Crippen molar-refractivity contribution in [3.63, 3.8) is 0 Å². The van der Waals surface area contributed by atoms with Gasteiger partial charge in [0.25, 0.3) is 0 Å². The number of anilines is 1. The van der Waals surface area contributed by atoms with Crippen LogP contribution in [0.4, 0.5) is 10.5 Å². The number of hydrogen-bond donors (Lipinski definition) is 1. The second kappa shape index (κ2) is 9.31. The zero-order valence-electron chi connectivity index (χ0n) is 18.4. The summed E-state index contributed by atoms with van der Waals surface area (Å²) in [6.45, 7) is 12.1. The van der Waals surface area contributed by atoms with Gasteiger partial charge in [0.2, 0.25) is 0 Å². The molecule has 2 amide bonds. The van der Waals surface area contributed by atoms with Gasteiger partial charge < -0.3 is 19.7 Å². The average molecular weight is 395 g/mol. The van der Waals surface area contributed by atoms with Gasteiger partial charge >= 0.3 is 6.03 Å². The Balaban J connectivity index is 2.03. The van der Waals surface area contributed by atoms with E-state index in [0.717, 1.165) is 43.9 Å². The molecule has 0 unspecified atom stereocenters. The molecule has 1 aliphatic heterocycles. The van der Waals surface area contributed by atoms with Crippen molar-refractivity contribution in [2.45, 2.75) is 40.2 Å². The van der Waals surface area contributed by atoms with Crippen molar-refractivity contribution < 1.29 is 4.79 Å². The molecule has 0 spiro atoms. The molecule has 1 aromatic carbocycles. The van der Waals surface area contributed by atoms with E-state index in [0.29, 0.717) is 6.04 Å². The van der Waals surface area contributed by atoms with Gasteiger partial charge in [-0.25, -0.2) is 4.79 Å². The summed E-state index contributed by atoms with van der Waals surface area (Å²) in [6, 6.07) is 12.8. The molecule has 0 saturated carbocycles. The summed E-state index contributed by atoms with van der Waals surface area (Å²) >= 11 is 0. The number of amides is 2. The molecule has 0 aliphatic carbocycles. The van der Waals surface area contributed by atoms with Crippen molar-refractivity contribution in [1.82, 2.24) is 14.4 Å². The molecule has 2 heterocycles. The summed E-state index contributed by atoms with van der Waals surface area (Å²) in [4.78, 5) is 17.1. The van der Waals surface area contributed by atoms with Crippen LogP contribution in [0.25, 0.3) is 10.9 Å². The number of carbonyl (C=O) groups excluding carboxylic acids is 1. The lowest BCUT2D eigenvalue weighted by Crippen LogP contribution is -2.37. The number of fused-ring (bicyclic) bond motifs is 1. The number of aryl methyl sites for hydroxylation is 2. The molecule has 1 saturated heterocycles. The number of carbonyl (C=O) groups is 1. The van der Waals surface area contributed by atoms with E-state index >= 15 is 0 Å². The van der Waals surface area contributed by atoms with Gasteiger partial charge in [0.1, 0.15) is 0 Å². The fourth-order valence-corrected chi connectivity index (χ4v) is 4.01. The van der Waals surface area contributed by atoms with E-state index in [1.165, 1.54) is 16.5 Å². The molecule has 3 rings (SSSR count). The predicted molar refractivity (Wildman–Crippen MR) is 122 cm³/mol. The molecule has 5 heteroatoms. The van der Waals surface area contributed by atoms with E-state index in [1.807, 2.05) is 11.0 Å². The summed E-state index contributed by atoms with van der Waals surface area (Å²) in [5.74, 6) is 0. The van der Waals surface area contributed by atoms with Crippen molar-refractivity contribution in [3.05, 3.63) is 53.7 Å².